The van der Waals surface area contributed by atoms with Crippen LogP contribution in [-0.4, -0.2) is 31.6 Å². The van der Waals surface area contributed by atoms with Crippen molar-refractivity contribution in [3.05, 3.63) is 53.6 Å². The lowest BCUT2D eigenvalue weighted by molar-refractivity contribution is 0.0119. The first kappa shape index (κ1) is 21.7. The maximum Gasteiger partial charge on any atom is 0.170 e. The number of ketones is 1. The summed E-state index contributed by atoms with van der Waals surface area (Å²) in [6.45, 7) is 8.73. The van der Waals surface area contributed by atoms with Crippen LogP contribution in [0.5, 0.6) is 11.5 Å². The molecule has 0 spiro atoms. The van der Waals surface area contributed by atoms with Crippen molar-refractivity contribution in [2.75, 3.05) is 24.8 Å². The average molecular weight is 424 g/mol. The molecule has 2 heterocycles. The standard InChI is InChI=1S/C26H33NO4/c1-4-19-5-7-21(8-6-19)27(17-18(2)3)31-22-9-10-25-23(15-22)24(28)16-26(30-25)20-11-13-29-14-12-20/h5-10,15,18,20,26H,4,11-14,16-17H2,1-3H3. The number of ether oxygens (including phenoxy) is 2. The van der Waals surface area contributed by atoms with Crippen LogP contribution < -0.4 is 14.6 Å². The van der Waals surface area contributed by atoms with Crippen LogP contribution in [0.4, 0.5) is 5.69 Å². The van der Waals surface area contributed by atoms with Gasteiger partial charge in [0, 0.05) is 25.6 Å². The number of fused-ring (bicyclic) bond motifs is 1. The molecule has 166 valence electrons. The van der Waals surface area contributed by atoms with E-state index in [1.165, 1.54) is 5.56 Å². The predicted molar refractivity (Wildman–Crippen MR) is 122 cm³/mol. The Balaban J connectivity index is 1.51. The SMILES string of the molecule is CCc1ccc(N(CC(C)C)Oc2ccc3c(c2)C(=O)CC(C2CCOCC2)O3)cc1. The number of hydroxylamine groups is 1. The maximum atomic E-state index is 12.9. The fourth-order valence-electron chi connectivity index (χ4n) is 4.29. The smallest absolute Gasteiger partial charge is 0.170 e. The highest BCUT2D eigenvalue weighted by atomic mass is 16.7. The van der Waals surface area contributed by atoms with Gasteiger partial charge in [-0.3, -0.25) is 4.79 Å². The van der Waals surface area contributed by atoms with Gasteiger partial charge in [-0.15, -0.1) is 0 Å². The molecule has 5 heteroatoms. The minimum atomic E-state index is -0.0508. The largest absolute Gasteiger partial charge is 0.489 e. The fraction of sp³-hybridized carbons (Fsp3) is 0.500. The van der Waals surface area contributed by atoms with Crippen molar-refractivity contribution in [2.24, 2.45) is 11.8 Å². The average Bonchev–Trinajstić information content (AvgIpc) is 2.79. The number of anilines is 1. The lowest BCUT2D eigenvalue weighted by Crippen LogP contribution is -2.37. The molecular weight excluding hydrogens is 390 g/mol. The van der Waals surface area contributed by atoms with Gasteiger partial charge in [0.25, 0.3) is 0 Å². The van der Waals surface area contributed by atoms with E-state index in [-0.39, 0.29) is 11.9 Å². The third-order valence-corrected chi connectivity index (χ3v) is 6.09. The van der Waals surface area contributed by atoms with E-state index in [1.807, 2.05) is 23.3 Å². The fourth-order valence-corrected chi connectivity index (χ4v) is 4.29. The third-order valence-electron chi connectivity index (χ3n) is 6.09. The van der Waals surface area contributed by atoms with Gasteiger partial charge in [-0.05, 0) is 61.1 Å². The first-order valence-corrected chi connectivity index (χ1v) is 11.5. The number of hydrogen-bond donors (Lipinski definition) is 0. The molecule has 0 saturated carbocycles. The topological polar surface area (TPSA) is 48.0 Å². The Morgan fingerprint density at radius 1 is 1.10 bits per heavy atom. The number of carbonyl (C=O) groups is 1. The summed E-state index contributed by atoms with van der Waals surface area (Å²) in [6.07, 6.45) is 3.29. The number of benzene rings is 2. The summed E-state index contributed by atoms with van der Waals surface area (Å²) in [4.78, 5) is 19.2. The van der Waals surface area contributed by atoms with Crippen LogP contribution in [0.15, 0.2) is 42.5 Å². The van der Waals surface area contributed by atoms with Gasteiger partial charge in [0.1, 0.15) is 11.9 Å². The van der Waals surface area contributed by atoms with Gasteiger partial charge in [-0.2, -0.15) is 0 Å². The quantitative estimate of drug-likeness (QED) is 0.553. The minimum Gasteiger partial charge on any atom is -0.489 e. The summed E-state index contributed by atoms with van der Waals surface area (Å²) >= 11 is 0. The Hall–Kier alpha value is -2.53. The van der Waals surface area contributed by atoms with E-state index in [9.17, 15) is 4.79 Å². The van der Waals surface area contributed by atoms with Crippen LogP contribution in [0.2, 0.25) is 0 Å². The molecule has 2 aliphatic heterocycles. The summed E-state index contributed by atoms with van der Waals surface area (Å²) in [5, 5.41) is 1.91. The van der Waals surface area contributed by atoms with Gasteiger partial charge < -0.3 is 14.3 Å². The Bertz CT molecular complexity index is 887. The van der Waals surface area contributed by atoms with Crippen molar-refractivity contribution in [1.82, 2.24) is 0 Å². The second-order valence-electron chi connectivity index (χ2n) is 8.96. The summed E-state index contributed by atoms with van der Waals surface area (Å²) in [6, 6.07) is 14.0. The third kappa shape index (κ3) is 5.21. The molecule has 0 bridgehead atoms. The van der Waals surface area contributed by atoms with Gasteiger partial charge in [-0.1, -0.05) is 32.9 Å². The second kappa shape index (κ2) is 9.73. The van der Waals surface area contributed by atoms with E-state index in [1.54, 1.807) is 0 Å². The second-order valence-corrected chi connectivity index (χ2v) is 8.96. The highest BCUT2D eigenvalue weighted by Crippen LogP contribution is 2.36. The molecule has 4 rings (SSSR count). The monoisotopic (exact) mass is 423 g/mol. The van der Waals surface area contributed by atoms with Crippen molar-refractivity contribution in [1.29, 1.82) is 0 Å². The van der Waals surface area contributed by atoms with E-state index in [0.717, 1.165) is 44.7 Å². The minimum absolute atomic E-state index is 0.0508. The first-order chi connectivity index (χ1) is 15.0. The zero-order valence-corrected chi connectivity index (χ0v) is 18.8. The molecule has 1 unspecified atom stereocenters. The van der Waals surface area contributed by atoms with E-state index >= 15 is 0 Å². The van der Waals surface area contributed by atoms with Gasteiger partial charge in [0.15, 0.2) is 11.5 Å². The lowest BCUT2D eigenvalue weighted by Gasteiger charge is -2.34. The first-order valence-electron chi connectivity index (χ1n) is 11.5. The van der Waals surface area contributed by atoms with Gasteiger partial charge in [0.05, 0.1) is 17.8 Å². The molecule has 1 saturated heterocycles. The Kier molecular flexibility index (Phi) is 6.81. The van der Waals surface area contributed by atoms with E-state index in [0.29, 0.717) is 35.3 Å². The Labute approximate surface area is 185 Å². The molecule has 0 aromatic heterocycles. The number of hydrogen-bond acceptors (Lipinski definition) is 5. The zero-order chi connectivity index (χ0) is 21.8. The molecule has 0 amide bonds. The zero-order valence-electron chi connectivity index (χ0n) is 18.8. The van der Waals surface area contributed by atoms with Crippen LogP contribution >= 0.6 is 0 Å². The van der Waals surface area contributed by atoms with Gasteiger partial charge in [-0.25, -0.2) is 5.06 Å². The van der Waals surface area contributed by atoms with Crippen LogP contribution in [0.25, 0.3) is 0 Å². The molecule has 0 aliphatic carbocycles. The Morgan fingerprint density at radius 3 is 2.52 bits per heavy atom. The summed E-state index contributed by atoms with van der Waals surface area (Å²) in [5.74, 6) is 2.26. The number of rotatable bonds is 7. The predicted octanol–water partition coefficient (Wildman–Crippen LogP) is 5.47. The molecule has 0 radical (unpaired) electrons. The maximum absolute atomic E-state index is 12.9. The van der Waals surface area contributed by atoms with Crippen molar-refractivity contribution in [3.63, 3.8) is 0 Å². The molecule has 2 aromatic rings. The number of aryl methyl sites for hydroxylation is 1. The highest BCUT2D eigenvalue weighted by molar-refractivity contribution is 6.00. The number of nitrogens with zero attached hydrogens (tertiary/aromatic N) is 1. The normalized spacial score (nSPS) is 19.1. The van der Waals surface area contributed by atoms with Crippen molar-refractivity contribution < 1.29 is 19.1 Å². The molecule has 1 fully saturated rings. The molecule has 0 N–H and O–H groups in total. The van der Waals surface area contributed by atoms with Crippen molar-refractivity contribution >= 4 is 11.5 Å². The van der Waals surface area contributed by atoms with E-state index in [2.05, 4.69) is 45.0 Å². The van der Waals surface area contributed by atoms with Crippen LogP contribution in [0.1, 0.15) is 56.0 Å². The van der Waals surface area contributed by atoms with E-state index < -0.39 is 0 Å². The summed E-state index contributed by atoms with van der Waals surface area (Å²) < 4.78 is 11.7. The molecule has 31 heavy (non-hydrogen) atoms. The van der Waals surface area contributed by atoms with Crippen LogP contribution in [-0.2, 0) is 11.2 Å². The molecule has 2 aromatic carbocycles. The summed E-state index contributed by atoms with van der Waals surface area (Å²) in [7, 11) is 0. The molecule has 5 nitrogen and oxygen atoms in total. The van der Waals surface area contributed by atoms with Crippen LogP contribution in [0, 0.1) is 11.8 Å². The highest BCUT2D eigenvalue weighted by Gasteiger charge is 2.33. The number of carbonyl (C=O) groups excluding carboxylic acids is 1. The molecular formula is C26H33NO4. The number of Topliss-reactive ketones (excluding diaryl/α,β-unsaturated/α-hetero) is 1. The molecule has 2 aliphatic rings. The van der Waals surface area contributed by atoms with Crippen molar-refractivity contribution in [3.8, 4) is 11.5 Å². The summed E-state index contributed by atoms with van der Waals surface area (Å²) in [5.41, 5.74) is 2.92. The van der Waals surface area contributed by atoms with Gasteiger partial charge >= 0.3 is 0 Å². The van der Waals surface area contributed by atoms with Gasteiger partial charge in [0.2, 0.25) is 0 Å². The molecule has 1 atom stereocenters. The Morgan fingerprint density at radius 2 is 1.84 bits per heavy atom. The van der Waals surface area contributed by atoms with E-state index in [4.69, 9.17) is 14.3 Å². The van der Waals surface area contributed by atoms with Crippen molar-refractivity contribution in [2.45, 2.75) is 52.6 Å². The van der Waals surface area contributed by atoms with Crippen LogP contribution in [0.3, 0.4) is 0 Å². The lowest BCUT2D eigenvalue weighted by atomic mass is 9.87.